The van der Waals surface area contributed by atoms with Crippen LogP contribution in [0.5, 0.6) is 11.5 Å². The first-order valence-electron chi connectivity index (χ1n) is 12.9. The van der Waals surface area contributed by atoms with E-state index in [2.05, 4.69) is 17.3 Å². The van der Waals surface area contributed by atoms with Gasteiger partial charge >= 0.3 is 12.2 Å². The van der Waals surface area contributed by atoms with E-state index in [1.807, 2.05) is 66.7 Å². The molecule has 0 saturated carbocycles. The summed E-state index contributed by atoms with van der Waals surface area (Å²) in [7, 11) is 3.69. The molecule has 3 aromatic carbocycles. The third kappa shape index (κ3) is 7.98. The molecule has 0 atom stereocenters. The molecular weight excluding hydrogens is 482 g/mol. The van der Waals surface area contributed by atoms with E-state index < -0.39 is 6.16 Å². The number of carbonyl (C=O) groups is 2. The van der Waals surface area contributed by atoms with Crippen LogP contribution >= 0.6 is 0 Å². The molecule has 4 rings (SSSR count). The van der Waals surface area contributed by atoms with Crippen LogP contribution in [0.3, 0.4) is 0 Å². The van der Waals surface area contributed by atoms with Gasteiger partial charge in [0.15, 0.2) is 0 Å². The zero-order valence-corrected chi connectivity index (χ0v) is 22.0. The molecule has 1 aliphatic heterocycles. The minimum atomic E-state index is -0.660. The van der Waals surface area contributed by atoms with E-state index in [0.717, 1.165) is 48.4 Å². The fraction of sp³-hybridized carbons (Fsp3) is 0.333. The maximum atomic E-state index is 12.3. The first-order chi connectivity index (χ1) is 18.5. The average molecular weight is 518 g/mol. The summed E-state index contributed by atoms with van der Waals surface area (Å²) in [5.41, 5.74) is 3.06. The molecule has 1 heterocycles. The van der Waals surface area contributed by atoms with Gasteiger partial charge in [-0.15, -0.1) is 0 Å². The van der Waals surface area contributed by atoms with Gasteiger partial charge in [0.25, 0.3) is 0 Å². The van der Waals surface area contributed by atoms with Crippen LogP contribution in [-0.4, -0.2) is 68.4 Å². The highest BCUT2D eigenvalue weighted by atomic mass is 16.7. The largest absolute Gasteiger partial charge is 0.514 e. The van der Waals surface area contributed by atoms with Crippen LogP contribution in [0.15, 0.2) is 78.9 Å². The molecule has 1 N–H and O–H groups in total. The highest BCUT2D eigenvalue weighted by Crippen LogP contribution is 2.25. The van der Waals surface area contributed by atoms with Crippen LogP contribution < -0.4 is 14.8 Å². The van der Waals surface area contributed by atoms with Crippen LogP contribution in [-0.2, 0) is 11.3 Å². The fourth-order valence-corrected chi connectivity index (χ4v) is 4.31. The van der Waals surface area contributed by atoms with Crippen LogP contribution in [0.1, 0.15) is 18.4 Å². The molecule has 0 unspecified atom stereocenters. The standard InChI is InChI=1S/C30H35N3O5/c1-31-29(34)33(22-23-6-4-3-5-7-23)20-21-36-26-12-8-24(9-13-26)25-10-14-27(15-11-25)37-30(35)38-28-16-18-32(2)19-17-28/h3-15,28H,16-22H2,1-2H3,(H,31,34). The predicted octanol–water partition coefficient (Wildman–Crippen LogP) is 5.18. The third-order valence-corrected chi connectivity index (χ3v) is 6.52. The molecule has 1 fully saturated rings. The summed E-state index contributed by atoms with van der Waals surface area (Å²) in [6.07, 6.45) is 0.899. The lowest BCUT2D eigenvalue weighted by Gasteiger charge is -2.28. The lowest BCUT2D eigenvalue weighted by Crippen LogP contribution is -2.40. The lowest BCUT2D eigenvalue weighted by atomic mass is 10.1. The minimum Gasteiger partial charge on any atom is -0.492 e. The van der Waals surface area contributed by atoms with E-state index in [1.165, 1.54) is 0 Å². The smallest absolute Gasteiger partial charge is 0.492 e. The van der Waals surface area contributed by atoms with Crippen LogP contribution in [0.4, 0.5) is 9.59 Å². The quantitative estimate of drug-likeness (QED) is 0.311. The molecule has 3 aromatic rings. The van der Waals surface area contributed by atoms with Crippen LogP contribution in [0.25, 0.3) is 11.1 Å². The molecule has 1 aliphatic rings. The molecule has 1 saturated heterocycles. The van der Waals surface area contributed by atoms with E-state index in [4.69, 9.17) is 14.2 Å². The molecule has 200 valence electrons. The Labute approximate surface area is 224 Å². The molecule has 0 spiro atoms. The molecular formula is C30H35N3O5. The topological polar surface area (TPSA) is 80.3 Å². The lowest BCUT2D eigenvalue weighted by molar-refractivity contribution is 0.0291. The Morgan fingerprint density at radius 1 is 0.895 bits per heavy atom. The van der Waals surface area contributed by atoms with Gasteiger partial charge in [-0.05, 0) is 60.8 Å². The van der Waals surface area contributed by atoms with Gasteiger partial charge in [0, 0.05) is 26.7 Å². The SMILES string of the molecule is CNC(=O)N(CCOc1ccc(-c2ccc(OC(=O)OC3CCN(C)CC3)cc2)cc1)Cc1ccccc1. The molecule has 0 bridgehead atoms. The number of benzene rings is 3. The van der Waals surface area contributed by atoms with E-state index in [1.54, 1.807) is 24.1 Å². The molecule has 0 radical (unpaired) electrons. The Morgan fingerprint density at radius 2 is 1.50 bits per heavy atom. The Kier molecular flexibility index (Phi) is 9.59. The predicted molar refractivity (Wildman–Crippen MR) is 146 cm³/mol. The summed E-state index contributed by atoms with van der Waals surface area (Å²) < 4.78 is 16.7. The Bertz CT molecular complexity index is 1160. The number of amides is 2. The number of nitrogens with one attached hydrogen (secondary N) is 1. The number of carbonyl (C=O) groups excluding carboxylic acids is 2. The second-order valence-corrected chi connectivity index (χ2v) is 9.33. The molecule has 2 amide bonds. The average Bonchev–Trinajstić information content (AvgIpc) is 2.95. The van der Waals surface area contributed by atoms with Gasteiger partial charge in [-0.25, -0.2) is 9.59 Å². The maximum Gasteiger partial charge on any atom is 0.514 e. The first-order valence-corrected chi connectivity index (χ1v) is 12.9. The van der Waals surface area contributed by atoms with Crippen molar-refractivity contribution >= 4 is 12.2 Å². The molecule has 0 aliphatic carbocycles. The van der Waals surface area contributed by atoms with E-state index in [-0.39, 0.29) is 12.1 Å². The van der Waals surface area contributed by atoms with Crippen molar-refractivity contribution in [3.05, 3.63) is 84.4 Å². The minimum absolute atomic E-state index is 0.0885. The van der Waals surface area contributed by atoms with Crippen molar-refractivity contribution in [1.82, 2.24) is 15.1 Å². The number of likely N-dealkylation sites (tertiary alicyclic amines) is 1. The zero-order valence-electron chi connectivity index (χ0n) is 22.0. The Morgan fingerprint density at radius 3 is 2.11 bits per heavy atom. The zero-order chi connectivity index (χ0) is 26.7. The molecule has 8 heteroatoms. The second kappa shape index (κ2) is 13.5. The molecule has 0 aromatic heterocycles. The van der Waals surface area contributed by atoms with Gasteiger partial charge in [0.05, 0.1) is 6.54 Å². The number of piperidine rings is 1. The number of rotatable bonds is 9. The normalized spacial score (nSPS) is 13.9. The summed E-state index contributed by atoms with van der Waals surface area (Å²) >= 11 is 0. The van der Waals surface area contributed by atoms with Crippen molar-refractivity contribution < 1.29 is 23.8 Å². The number of ether oxygens (including phenoxy) is 3. The van der Waals surface area contributed by atoms with Crippen LogP contribution in [0.2, 0.25) is 0 Å². The third-order valence-electron chi connectivity index (χ3n) is 6.52. The Balaban J connectivity index is 1.25. The summed E-state index contributed by atoms with van der Waals surface area (Å²) in [6, 6.07) is 24.8. The van der Waals surface area contributed by atoms with Crippen molar-refractivity contribution in [2.24, 2.45) is 0 Å². The highest BCUT2D eigenvalue weighted by molar-refractivity contribution is 5.73. The summed E-state index contributed by atoms with van der Waals surface area (Å²) in [4.78, 5) is 28.3. The Hall–Kier alpha value is -4.04. The highest BCUT2D eigenvalue weighted by Gasteiger charge is 2.21. The van der Waals surface area contributed by atoms with Crippen molar-refractivity contribution in [3.63, 3.8) is 0 Å². The summed E-state index contributed by atoms with van der Waals surface area (Å²) in [5.74, 6) is 1.17. The van der Waals surface area contributed by atoms with E-state index >= 15 is 0 Å². The van der Waals surface area contributed by atoms with Gasteiger partial charge in [-0.3, -0.25) is 0 Å². The number of hydrogen-bond acceptors (Lipinski definition) is 6. The van der Waals surface area contributed by atoms with Crippen molar-refractivity contribution in [1.29, 1.82) is 0 Å². The van der Waals surface area contributed by atoms with E-state index in [9.17, 15) is 9.59 Å². The monoisotopic (exact) mass is 517 g/mol. The number of urea groups is 1. The van der Waals surface area contributed by atoms with Crippen LogP contribution in [0, 0.1) is 0 Å². The van der Waals surface area contributed by atoms with Gasteiger partial charge in [0.2, 0.25) is 0 Å². The summed E-state index contributed by atoms with van der Waals surface area (Å²) in [6.45, 7) is 3.17. The summed E-state index contributed by atoms with van der Waals surface area (Å²) in [5, 5.41) is 2.69. The van der Waals surface area contributed by atoms with Gasteiger partial charge < -0.3 is 29.3 Å². The van der Waals surface area contributed by atoms with Crippen molar-refractivity contribution in [2.45, 2.75) is 25.5 Å². The van der Waals surface area contributed by atoms with Gasteiger partial charge in [-0.2, -0.15) is 0 Å². The van der Waals surface area contributed by atoms with E-state index in [0.29, 0.717) is 25.4 Å². The fourth-order valence-electron chi connectivity index (χ4n) is 4.31. The number of hydrogen-bond donors (Lipinski definition) is 1. The first kappa shape index (κ1) is 27.0. The van der Waals surface area contributed by atoms with Gasteiger partial charge in [-0.1, -0.05) is 54.6 Å². The van der Waals surface area contributed by atoms with Crippen molar-refractivity contribution in [3.8, 4) is 22.6 Å². The number of nitrogens with zero attached hydrogens (tertiary/aromatic N) is 2. The van der Waals surface area contributed by atoms with Crippen molar-refractivity contribution in [2.75, 3.05) is 40.3 Å². The van der Waals surface area contributed by atoms with Gasteiger partial charge in [0.1, 0.15) is 24.2 Å². The molecule has 8 nitrogen and oxygen atoms in total. The molecule has 38 heavy (non-hydrogen) atoms. The maximum absolute atomic E-state index is 12.3. The second-order valence-electron chi connectivity index (χ2n) is 9.33.